The summed E-state index contributed by atoms with van der Waals surface area (Å²) in [6.07, 6.45) is 6.63. The summed E-state index contributed by atoms with van der Waals surface area (Å²) in [5.41, 5.74) is 24.0. The molecule has 0 aliphatic rings. The third kappa shape index (κ3) is 17.3. The fourth-order valence-electron chi connectivity index (χ4n) is 10.5. The molecule has 0 spiro atoms. The second-order valence-corrected chi connectivity index (χ2v) is 23.1. The second-order valence-electron chi connectivity index (χ2n) is 23.1. The minimum absolute atomic E-state index is 0.00146. The van der Waals surface area contributed by atoms with Crippen LogP contribution in [0.3, 0.4) is 0 Å². The van der Waals surface area contributed by atoms with E-state index in [2.05, 4.69) is 217 Å². The minimum Gasteiger partial charge on any atom is -0.478 e. The highest BCUT2D eigenvalue weighted by Gasteiger charge is 2.21. The van der Waals surface area contributed by atoms with Crippen LogP contribution in [0.15, 0.2) is 207 Å². The molecule has 10 rings (SSSR count). The van der Waals surface area contributed by atoms with Crippen LogP contribution < -0.4 is 11.1 Å². The summed E-state index contributed by atoms with van der Waals surface area (Å²) < 4.78 is 4.47. The van der Waals surface area contributed by atoms with E-state index in [0.717, 1.165) is 58.9 Å². The zero-order valence-corrected chi connectivity index (χ0v) is 50.5. The van der Waals surface area contributed by atoms with Crippen molar-refractivity contribution in [1.82, 2.24) is 14.5 Å². The number of carboxylic acids is 1. The van der Waals surface area contributed by atoms with Gasteiger partial charge in [-0.05, 0) is 141 Å². The lowest BCUT2D eigenvalue weighted by Gasteiger charge is -2.23. The van der Waals surface area contributed by atoms with Gasteiger partial charge in [-0.15, -0.1) is 0 Å². The Balaban J connectivity index is 0.000000221. The average molecular weight is 1140 g/mol. The maximum atomic E-state index is 13.2. The van der Waals surface area contributed by atoms with Gasteiger partial charge in [0.25, 0.3) is 5.91 Å². The molecule has 2 atom stereocenters. The number of aryl methyl sites for hydroxylation is 2. The molecule has 2 unspecified atom stereocenters. The standard InChI is InChI=1S/C36H38N2O.C27H27NO2.C9H13N.2CO2/c1-6-33(28-12-8-7-9-13-28)37-35(39)29-20-21-34-31(22-29)25(2)23-38(34)24-26-16-18-27(19-17-26)30-14-10-11-15-32(30)36(3,4)5;1-18-16-28(25-14-13-21(26(29)30)15-23(18)25)17-19-9-11-20(12-10-19)22-7-5-6-8-24(22)27(2,3)4;1-2-9(10)8-6-4-3-5-7-8;2*2-1-3/h7-23,33H,6,24H2,1-5H3,(H,37,39);5-16H,17H2,1-4H3,(H,29,30);3-7,9H,2,10H2,1H3;;. The molecule has 0 aliphatic carbocycles. The molecule has 0 saturated carbocycles. The number of carboxylic acid groups (broad SMARTS) is 1. The molecule has 0 fully saturated rings. The number of fused-ring (bicyclic) bond motifs is 2. The van der Waals surface area contributed by atoms with Crippen molar-refractivity contribution in [3.63, 3.8) is 0 Å². The molecule has 0 radical (unpaired) electrons. The fraction of sp³-hybridized carbons (Fsp3) is 0.243. The number of hydrogen-bond donors (Lipinski definition) is 3. The van der Waals surface area contributed by atoms with E-state index >= 15 is 0 Å². The first-order valence-corrected chi connectivity index (χ1v) is 28.6. The van der Waals surface area contributed by atoms with Gasteiger partial charge in [0.1, 0.15) is 0 Å². The molecule has 2 aromatic heterocycles. The molecule has 2 heterocycles. The summed E-state index contributed by atoms with van der Waals surface area (Å²) in [6.45, 7) is 23.4. The summed E-state index contributed by atoms with van der Waals surface area (Å²) in [4.78, 5) is 56.9. The molecule has 10 aromatic rings. The molecule has 0 saturated heterocycles. The first-order chi connectivity index (χ1) is 40.6. The number of aromatic carboxylic acids is 1. The van der Waals surface area contributed by atoms with Gasteiger partial charge in [0, 0.05) is 58.9 Å². The molecule has 436 valence electrons. The summed E-state index contributed by atoms with van der Waals surface area (Å²) in [5.74, 6) is -0.930. The van der Waals surface area contributed by atoms with Crippen LogP contribution in [0.1, 0.15) is 146 Å². The highest BCUT2D eigenvalue weighted by Crippen LogP contribution is 2.35. The number of rotatable bonds is 13. The van der Waals surface area contributed by atoms with E-state index < -0.39 is 5.97 Å². The van der Waals surface area contributed by atoms with Crippen LogP contribution in [0.5, 0.6) is 0 Å². The fourth-order valence-corrected chi connectivity index (χ4v) is 10.5. The number of nitrogens with two attached hydrogens (primary N) is 1. The molecular formula is C74H78N4O7. The molecule has 11 heteroatoms. The Morgan fingerprint density at radius 3 is 1.27 bits per heavy atom. The van der Waals surface area contributed by atoms with E-state index in [1.54, 1.807) is 12.1 Å². The number of benzene rings is 8. The van der Waals surface area contributed by atoms with Crippen molar-refractivity contribution in [2.75, 3.05) is 0 Å². The van der Waals surface area contributed by atoms with Crippen LogP contribution in [0.2, 0.25) is 0 Å². The smallest absolute Gasteiger partial charge is 0.373 e. The first kappa shape index (κ1) is 64.7. The van der Waals surface area contributed by atoms with E-state index in [1.165, 1.54) is 55.6 Å². The SMILES string of the molecule is CCC(N)c1ccccc1.CCC(NC(=O)c1ccc2c(c1)c(C)cn2Cc1ccc(-c2ccccc2C(C)(C)C)cc1)c1ccccc1.Cc1cn(Cc2ccc(-c3ccccc3C(C)(C)C)cc2)c2ccc(C(=O)O)cc12.O=C=O.O=C=O. The lowest BCUT2D eigenvalue weighted by Crippen LogP contribution is -2.28. The predicted molar refractivity (Wildman–Crippen MR) is 340 cm³/mol. The molecule has 0 aliphatic heterocycles. The number of nitrogens with zero attached hydrogens (tertiary/aromatic N) is 2. The van der Waals surface area contributed by atoms with E-state index in [0.29, 0.717) is 11.1 Å². The zero-order valence-electron chi connectivity index (χ0n) is 50.5. The molecule has 1 amide bonds. The van der Waals surface area contributed by atoms with Crippen molar-refractivity contribution < 1.29 is 33.9 Å². The monoisotopic (exact) mass is 1130 g/mol. The van der Waals surface area contributed by atoms with Gasteiger partial charge >= 0.3 is 18.3 Å². The van der Waals surface area contributed by atoms with Crippen LogP contribution in [-0.4, -0.2) is 38.4 Å². The van der Waals surface area contributed by atoms with Crippen LogP contribution in [-0.2, 0) is 43.1 Å². The van der Waals surface area contributed by atoms with E-state index in [1.807, 2.05) is 61.5 Å². The van der Waals surface area contributed by atoms with Gasteiger partial charge in [0.15, 0.2) is 0 Å². The summed E-state index contributed by atoms with van der Waals surface area (Å²) in [7, 11) is 0. The average Bonchev–Trinajstić information content (AvgIpc) is 2.90. The number of nitrogens with one attached hydrogen (secondary N) is 1. The Kier molecular flexibility index (Phi) is 23.0. The highest BCUT2D eigenvalue weighted by atomic mass is 16.4. The van der Waals surface area contributed by atoms with Gasteiger partial charge < -0.3 is 25.3 Å². The van der Waals surface area contributed by atoms with Gasteiger partial charge in [-0.25, -0.2) is 4.79 Å². The highest BCUT2D eigenvalue weighted by molar-refractivity contribution is 5.99. The Morgan fingerprint density at radius 1 is 0.506 bits per heavy atom. The van der Waals surface area contributed by atoms with Crippen LogP contribution in [0, 0.1) is 13.8 Å². The largest absolute Gasteiger partial charge is 0.478 e. The topological polar surface area (TPSA) is 171 Å². The van der Waals surface area contributed by atoms with Gasteiger partial charge in [0.2, 0.25) is 0 Å². The number of carbonyl (C=O) groups excluding carboxylic acids is 5. The third-order valence-electron chi connectivity index (χ3n) is 15.0. The predicted octanol–water partition coefficient (Wildman–Crippen LogP) is 16.4. The Bertz CT molecular complexity index is 3860. The first-order valence-electron chi connectivity index (χ1n) is 28.6. The Labute approximate surface area is 500 Å². The minimum atomic E-state index is -0.893. The van der Waals surface area contributed by atoms with Gasteiger partial charge in [-0.1, -0.05) is 213 Å². The maximum absolute atomic E-state index is 13.2. The molecule has 4 N–H and O–H groups in total. The van der Waals surface area contributed by atoms with Crippen molar-refractivity contribution in [2.24, 2.45) is 5.73 Å². The van der Waals surface area contributed by atoms with Crippen molar-refractivity contribution in [1.29, 1.82) is 0 Å². The number of aromatic nitrogens is 2. The number of carbonyl (C=O) groups is 2. The summed E-state index contributed by atoms with van der Waals surface area (Å²) in [5, 5.41) is 14.6. The van der Waals surface area contributed by atoms with Crippen molar-refractivity contribution in [2.45, 2.75) is 118 Å². The quantitative estimate of drug-likeness (QED) is 0.102. The number of amides is 1. The van der Waals surface area contributed by atoms with Gasteiger partial charge in [-0.3, -0.25) is 4.79 Å². The molecule has 11 nitrogen and oxygen atoms in total. The summed E-state index contributed by atoms with van der Waals surface area (Å²) in [6, 6.07) is 66.9. The Hall–Kier alpha value is -9.50. The van der Waals surface area contributed by atoms with Crippen molar-refractivity contribution >= 4 is 46.0 Å². The van der Waals surface area contributed by atoms with Crippen molar-refractivity contribution in [3.05, 3.63) is 262 Å². The molecular weight excluding hydrogens is 1060 g/mol. The molecule has 0 bridgehead atoms. The maximum Gasteiger partial charge on any atom is 0.373 e. The second kappa shape index (κ2) is 30.2. The van der Waals surface area contributed by atoms with Crippen molar-refractivity contribution in [3.8, 4) is 22.3 Å². The zero-order chi connectivity index (χ0) is 61.8. The molecule has 85 heavy (non-hydrogen) atoms. The molecule has 8 aromatic carbocycles. The Morgan fingerprint density at radius 2 is 0.882 bits per heavy atom. The van der Waals surface area contributed by atoms with Crippen LogP contribution in [0.4, 0.5) is 0 Å². The lowest BCUT2D eigenvalue weighted by atomic mass is 9.82. The van der Waals surface area contributed by atoms with Crippen LogP contribution >= 0.6 is 0 Å². The van der Waals surface area contributed by atoms with Crippen LogP contribution in [0.25, 0.3) is 44.1 Å². The van der Waals surface area contributed by atoms with Gasteiger partial charge in [-0.2, -0.15) is 19.2 Å². The lowest BCUT2D eigenvalue weighted by molar-refractivity contribution is -0.193. The normalized spacial score (nSPS) is 11.6. The van der Waals surface area contributed by atoms with E-state index in [4.69, 9.17) is 24.9 Å². The number of hydrogen-bond acceptors (Lipinski definition) is 7. The third-order valence-corrected chi connectivity index (χ3v) is 15.0. The van der Waals surface area contributed by atoms with E-state index in [9.17, 15) is 14.7 Å². The summed E-state index contributed by atoms with van der Waals surface area (Å²) >= 11 is 0. The van der Waals surface area contributed by atoms with Gasteiger partial charge in [0.05, 0.1) is 11.6 Å². The van der Waals surface area contributed by atoms with E-state index in [-0.39, 0.29) is 41.1 Å².